The number of halogens is 1. The first-order valence-corrected chi connectivity index (χ1v) is 9.65. The molecule has 2 unspecified atom stereocenters. The summed E-state index contributed by atoms with van der Waals surface area (Å²) in [6, 6.07) is 7.20. The van der Waals surface area contributed by atoms with Gasteiger partial charge < -0.3 is 5.11 Å². The van der Waals surface area contributed by atoms with E-state index in [1.807, 2.05) is 38.4 Å². The molecule has 0 saturated heterocycles. The van der Waals surface area contributed by atoms with Crippen LogP contribution in [0, 0.1) is 5.92 Å². The average Bonchev–Trinajstić information content (AvgIpc) is 2.67. The fourth-order valence-electron chi connectivity index (χ4n) is 2.97. The lowest BCUT2D eigenvalue weighted by atomic mass is 9.84. The van der Waals surface area contributed by atoms with E-state index in [9.17, 15) is 9.90 Å². The summed E-state index contributed by atoms with van der Waals surface area (Å²) < 4.78 is 0. The summed E-state index contributed by atoms with van der Waals surface area (Å²) in [6.07, 6.45) is 8.97. The molecule has 0 amide bonds. The summed E-state index contributed by atoms with van der Waals surface area (Å²) in [5.74, 6) is -0.574. The van der Waals surface area contributed by atoms with E-state index in [-0.39, 0.29) is 5.92 Å². The van der Waals surface area contributed by atoms with E-state index < -0.39 is 10.8 Å². The first-order chi connectivity index (χ1) is 12.4. The van der Waals surface area contributed by atoms with Gasteiger partial charge in [-0.25, -0.2) is 14.8 Å². The van der Waals surface area contributed by atoms with Crippen molar-refractivity contribution in [2.45, 2.75) is 57.7 Å². The Morgan fingerprint density at radius 3 is 2.27 bits per heavy atom. The molecule has 0 fully saturated rings. The molecule has 5 heteroatoms. The number of aliphatic carboxylic acids is 1. The topological polar surface area (TPSA) is 63.1 Å². The highest BCUT2D eigenvalue weighted by Crippen LogP contribution is 2.39. The summed E-state index contributed by atoms with van der Waals surface area (Å²) in [4.78, 5) is 19.2. The van der Waals surface area contributed by atoms with Gasteiger partial charge in [0.1, 0.15) is 0 Å². The Bertz CT molecular complexity index is 716. The van der Waals surface area contributed by atoms with Crippen LogP contribution in [0.1, 0.15) is 57.6 Å². The van der Waals surface area contributed by atoms with Gasteiger partial charge in [-0.2, -0.15) is 0 Å². The first-order valence-electron chi connectivity index (χ1n) is 9.27. The second-order valence-corrected chi connectivity index (χ2v) is 7.37. The highest BCUT2D eigenvalue weighted by Gasteiger charge is 2.42. The Morgan fingerprint density at radius 1 is 1.15 bits per heavy atom. The molecule has 1 aromatic carbocycles. The van der Waals surface area contributed by atoms with Gasteiger partial charge in [0.25, 0.3) is 0 Å². The molecule has 2 atom stereocenters. The zero-order valence-corrected chi connectivity index (χ0v) is 16.5. The third kappa shape index (κ3) is 4.42. The fraction of sp³-hybridized carbons (Fsp3) is 0.476. The number of hydrogen-bond acceptors (Lipinski definition) is 3. The van der Waals surface area contributed by atoms with Gasteiger partial charge in [-0.05, 0) is 29.9 Å². The number of aryl methyl sites for hydroxylation is 1. The normalized spacial score (nSPS) is 14.6. The lowest BCUT2D eigenvalue weighted by molar-refractivity contribution is -0.142. The molecular weight excluding hydrogens is 348 g/mol. The summed E-state index contributed by atoms with van der Waals surface area (Å²) >= 11 is 6.50. The van der Waals surface area contributed by atoms with Crippen molar-refractivity contribution >= 4 is 17.6 Å². The minimum atomic E-state index is -1.42. The van der Waals surface area contributed by atoms with Gasteiger partial charge in [0.15, 0.2) is 10.7 Å². The van der Waals surface area contributed by atoms with Crippen LogP contribution in [0.2, 0.25) is 0 Å². The summed E-state index contributed by atoms with van der Waals surface area (Å²) in [6.45, 7) is 5.98. The number of benzene rings is 1. The zero-order chi connectivity index (χ0) is 19.2. The number of nitrogens with zero attached hydrogens (tertiary/aromatic N) is 2. The number of hydrogen-bond donors (Lipinski definition) is 1. The molecule has 1 N–H and O–H groups in total. The molecule has 0 aliphatic heterocycles. The first kappa shape index (κ1) is 20.4. The predicted molar refractivity (Wildman–Crippen MR) is 105 cm³/mol. The maximum atomic E-state index is 11.8. The number of carboxylic acids is 1. The third-order valence-corrected chi connectivity index (χ3v) is 5.69. The van der Waals surface area contributed by atoms with Crippen LogP contribution in [-0.4, -0.2) is 21.0 Å². The fourth-order valence-corrected chi connectivity index (χ4v) is 3.25. The second-order valence-electron chi connectivity index (χ2n) is 6.78. The lowest BCUT2D eigenvalue weighted by Gasteiger charge is -2.29. The molecule has 26 heavy (non-hydrogen) atoms. The molecule has 0 bridgehead atoms. The van der Waals surface area contributed by atoms with Gasteiger partial charge in [0, 0.05) is 18.0 Å². The average molecular weight is 375 g/mol. The third-order valence-electron chi connectivity index (χ3n) is 4.94. The van der Waals surface area contributed by atoms with Crippen LogP contribution in [0.5, 0.6) is 0 Å². The highest BCUT2D eigenvalue weighted by molar-refractivity contribution is 6.33. The molecular formula is C21H27ClN2O2. The SMILES string of the molecule is CCCCCc1cnc(-c2ccc(C(Cl)(C(=O)O)C(C)CC)cc2)nc1. The van der Waals surface area contributed by atoms with Gasteiger partial charge in [-0.1, -0.05) is 64.3 Å². The number of rotatable bonds is 9. The molecule has 140 valence electrons. The lowest BCUT2D eigenvalue weighted by Crippen LogP contribution is -2.36. The number of carbonyl (C=O) groups is 1. The quantitative estimate of drug-likeness (QED) is 0.468. The van der Waals surface area contributed by atoms with Crippen molar-refractivity contribution in [3.05, 3.63) is 47.8 Å². The van der Waals surface area contributed by atoms with Crippen molar-refractivity contribution < 1.29 is 9.90 Å². The number of aromatic nitrogens is 2. The minimum absolute atomic E-state index is 0.189. The minimum Gasteiger partial charge on any atom is -0.480 e. The van der Waals surface area contributed by atoms with Crippen molar-refractivity contribution in [2.24, 2.45) is 5.92 Å². The van der Waals surface area contributed by atoms with Crippen LogP contribution in [0.25, 0.3) is 11.4 Å². The zero-order valence-electron chi connectivity index (χ0n) is 15.7. The monoisotopic (exact) mass is 374 g/mol. The smallest absolute Gasteiger partial charge is 0.329 e. The summed E-state index contributed by atoms with van der Waals surface area (Å²) in [7, 11) is 0. The second kappa shape index (κ2) is 9.13. The van der Waals surface area contributed by atoms with Crippen molar-refractivity contribution in [1.29, 1.82) is 0 Å². The van der Waals surface area contributed by atoms with Gasteiger partial charge in [-0.3, -0.25) is 0 Å². The van der Waals surface area contributed by atoms with E-state index in [4.69, 9.17) is 11.6 Å². The van der Waals surface area contributed by atoms with Crippen LogP contribution in [0.4, 0.5) is 0 Å². The molecule has 2 aromatic rings. The van der Waals surface area contributed by atoms with Crippen LogP contribution in [0.15, 0.2) is 36.7 Å². The van der Waals surface area contributed by atoms with Gasteiger partial charge in [0.2, 0.25) is 0 Å². The highest BCUT2D eigenvalue weighted by atomic mass is 35.5. The Hall–Kier alpha value is -1.94. The van der Waals surface area contributed by atoms with Crippen molar-refractivity contribution in [3.63, 3.8) is 0 Å². The molecule has 1 aromatic heterocycles. The Balaban J connectivity index is 2.19. The van der Waals surface area contributed by atoms with E-state index in [1.165, 1.54) is 12.8 Å². The molecule has 0 aliphatic carbocycles. The van der Waals surface area contributed by atoms with Crippen molar-refractivity contribution in [2.75, 3.05) is 0 Å². The molecule has 0 spiro atoms. The molecule has 4 nitrogen and oxygen atoms in total. The molecule has 0 aliphatic rings. The summed E-state index contributed by atoms with van der Waals surface area (Å²) in [5, 5.41) is 9.64. The predicted octanol–water partition coefficient (Wildman–Crippen LogP) is 5.44. The Morgan fingerprint density at radius 2 is 1.77 bits per heavy atom. The number of alkyl halides is 1. The largest absolute Gasteiger partial charge is 0.480 e. The maximum absolute atomic E-state index is 11.8. The van der Waals surface area contributed by atoms with Gasteiger partial charge >= 0.3 is 5.97 Å². The van der Waals surface area contributed by atoms with E-state index in [1.54, 1.807) is 12.1 Å². The maximum Gasteiger partial charge on any atom is 0.329 e. The van der Waals surface area contributed by atoms with Crippen LogP contribution in [-0.2, 0) is 16.1 Å². The molecule has 0 radical (unpaired) electrons. The van der Waals surface area contributed by atoms with E-state index in [2.05, 4.69) is 16.9 Å². The molecule has 1 heterocycles. The van der Waals surface area contributed by atoms with E-state index in [0.717, 1.165) is 24.0 Å². The van der Waals surface area contributed by atoms with E-state index >= 15 is 0 Å². The molecule has 0 saturated carbocycles. The van der Waals surface area contributed by atoms with Gasteiger partial charge in [0.05, 0.1) is 0 Å². The standard InChI is InChI=1S/C21H27ClN2O2/c1-4-6-7-8-16-13-23-19(24-14-16)17-9-11-18(12-10-17)21(22,20(25)26)15(3)5-2/h9-15H,4-8H2,1-3H3,(H,25,26). The number of unbranched alkanes of at least 4 members (excludes halogenated alkanes) is 2. The van der Waals surface area contributed by atoms with Crippen LogP contribution < -0.4 is 0 Å². The van der Waals surface area contributed by atoms with Gasteiger partial charge in [-0.15, -0.1) is 11.6 Å². The Kier molecular flexibility index (Phi) is 7.15. The number of carboxylic acid groups (broad SMARTS) is 1. The van der Waals surface area contributed by atoms with E-state index in [0.29, 0.717) is 17.8 Å². The van der Waals surface area contributed by atoms with Crippen LogP contribution in [0.3, 0.4) is 0 Å². The molecule has 2 rings (SSSR count). The summed E-state index contributed by atoms with van der Waals surface area (Å²) in [5.41, 5.74) is 2.57. The van der Waals surface area contributed by atoms with Crippen molar-refractivity contribution in [3.8, 4) is 11.4 Å². The Labute approximate surface area is 160 Å². The van der Waals surface area contributed by atoms with Crippen LogP contribution >= 0.6 is 11.6 Å². The van der Waals surface area contributed by atoms with Crippen molar-refractivity contribution in [1.82, 2.24) is 9.97 Å².